The van der Waals surface area contributed by atoms with Crippen LogP contribution in [-0.2, 0) is 4.79 Å². The van der Waals surface area contributed by atoms with Crippen molar-refractivity contribution in [2.75, 3.05) is 13.1 Å². The molecule has 0 radical (unpaired) electrons. The molecule has 2 N–H and O–H groups in total. The number of nitrogens with one attached hydrogen (secondary N) is 2. The molecule has 1 fully saturated rings. The standard InChI is InChI=1S/C15H20Cl2N2O2/c1-9-8-18-6-5-14(9)19-15(20)10(2)21-11-3-4-12(16)13(17)7-11/h3-4,7,9-10,14,18H,5-6,8H2,1-2H3,(H,19,20). The Labute approximate surface area is 135 Å². The molecule has 1 heterocycles. The third kappa shape index (κ3) is 4.50. The molecule has 2 rings (SSSR count). The highest BCUT2D eigenvalue weighted by molar-refractivity contribution is 6.42. The fourth-order valence-corrected chi connectivity index (χ4v) is 2.62. The number of halogens is 2. The van der Waals surface area contributed by atoms with E-state index in [4.69, 9.17) is 27.9 Å². The van der Waals surface area contributed by atoms with E-state index in [0.717, 1.165) is 19.5 Å². The summed E-state index contributed by atoms with van der Waals surface area (Å²) in [6.45, 7) is 5.70. The lowest BCUT2D eigenvalue weighted by atomic mass is 9.95. The van der Waals surface area contributed by atoms with E-state index in [-0.39, 0.29) is 11.9 Å². The molecule has 3 unspecified atom stereocenters. The van der Waals surface area contributed by atoms with Crippen LogP contribution in [0.4, 0.5) is 0 Å². The fourth-order valence-electron chi connectivity index (χ4n) is 2.34. The van der Waals surface area contributed by atoms with E-state index in [1.165, 1.54) is 0 Å². The molecule has 6 heteroatoms. The predicted molar refractivity (Wildman–Crippen MR) is 85.1 cm³/mol. The van der Waals surface area contributed by atoms with Gasteiger partial charge in [0.1, 0.15) is 5.75 Å². The van der Waals surface area contributed by atoms with Crippen molar-refractivity contribution >= 4 is 29.1 Å². The van der Waals surface area contributed by atoms with E-state index in [1.807, 2.05) is 0 Å². The van der Waals surface area contributed by atoms with Gasteiger partial charge in [-0.15, -0.1) is 0 Å². The van der Waals surface area contributed by atoms with Crippen LogP contribution < -0.4 is 15.4 Å². The number of piperidine rings is 1. The minimum atomic E-state index is -0.579. The van der Waals surface area contributed by atoms with Crippen LogP contribution in [0.1, 0.15) is 20.3 Å². The Morgan fingerprint density at radius 3 is 2.86 bits per heavy atom. The summed E-state index contributed by atoms with van der Waals surface area (Å²) in [7, 11) is 0. The molecular weight excluding hydrogens is 311 g/mol. The van der Waals surface area contributed by atoms with Crippen molar-refractivity contribution in [2.24, 2.45) is 5.92 Å². The molecular formula is C15H20Cl2N2O2. The topological polar surface area (TPSA) is 50.4 Å². The summed E-state index contributed by atoms with van der Waals surface area (Å²) < 4.78 is 5.62. The highest BCUT2D eigenvalue weighted by Gasteiger charge is 2.25. The summed E-state index contributed by atoms with van der Waals surface area (Å²) in [5, 5.41) is 7.23. The van der Waals surface area contributed by atoms with Crippen LogP contribution in [0.25, 0.3) is 0 Å². The van der Waals surface area contributed by atoms with Crippen LogP contribution in [0.2, 0.25) is 10.0 Å². The van der Waals surface area contributed by atoms with Gasteiger partial charge in [-0.3, -0.25) is 4.79 Å². The lowest BCUT2D eigenvalue weighted by molar-refractivity contribution is -0.128. The SMILES string of the molecule is CC(Oc1ccc(Cl)c(Cl)c1)C(=O)NC1CCNCC1C. The minimum absolute atomic E-state index is 0.111. The number of hydrogen-bond acceptors (Lipinski definition) is 3. The second-order valence-corrected chi connectivity index (χ2v) is 6.24. The van der Waals surface area contributed by atoms with E-state index < -0.39 is 6.10 Å². The molecule has 1 saturated heterocycles. The third-order valence-electron chi connectivity index (χ3n) is 3.69. The first-order valence-corrected chi connectivity index (χ1v) is 7.85. The molecule has 4 nitrogen and oxygen atoms in total. The van der Waals surface area contributed by atoms with E-state index in [2.05, 4.69) is 17.6 Å². The van der Waals surface area contributed by atoms with Crippen molar-refractivity contribution in [1.29, 1.82) is 0 Å². The molecule has 1 aromatic carbocycles. The number of amides is 1. The van der Waals surface area contributed by atoms with E-state index in [0.29, 0.717) is 21.7 Å². The van der Waals surface area contributed by atoms with Gasteiger partial charge in [-0.25, -0.2) is 0 Å². The van der Waals surface area contributed by atoms with Crippen LogP contribution in [0.5, 0.6) is 5.75 Å². The summed E-state index contributed by atoms with van der Waals surface area (Å²) in [6.07, 6.45) is 0.358. The summed E-state index contributed by atoms with van der Waals surface area (Å²) in [6, 6.07) is 5.16. The van der Waals surface area contributed by atoms with Crippen molar-refractivity contribution in [3.8, 4) is 5.75 Å². The number of benzene rings is 1. The smallest absolute Gasteiger partial charge is 0.261 e. The average Bonchev–Trinajstić information content (AvgIpc) is 2.45. The summed E-state index contributed by atoms with van der Waals surface area (Å²) in [5.41, 5.74) is 0. The first-order chi connectivity index (χ1) is 9.97. The van der Waals surface area contributed by atoms with Crippen molar-refractivity contribution in [2.45, 2.75) is 32.4 Å². The number of carbonyl (C=O) groups excluding carboxylic acids is 1. The van der Waals surface area contributed by atoms with Gasteiger partial charge >= 0.3 is 0 Å². The first-order valence-electron chi connectivity index (χ1n) is 7.10. The van der Waals surface area contributed by atoms with Gasteiger partial charge in [0.2, 0.25) is 0 Å². The van der Waals surface area contributed by atoms with Gasteiger partial charge in [0.05, 0.1) is 10.0 Å². The molecule has 116 valence electrons. The highest BCUT2D eigenvalue weighted by atomic mass is 35.5. The normalized spacial score (nSPS) is 23.4. The van der Waals surface area contributed by atoms with Crippen LogP contribution >= 0.6 is 23.2 Å². The maximum Gasteiger partial charge on any atom is 0.261 e. The molecule has 0 bridgehead atoms. The van der Waals surface area contributed by atoms with Crippen LogP contribution in [-0.4, -0.2) is 31.1 Å². The van der Waals surface area contributed by atoms with Gasteiger partial charge in [-0.1, -0.05) is 30.1 Å². The molecule has 1 aliphatic rings. The van der Waals surface area contributed by atoms with E-state index >= 15 is 0 Å². The quantitative estimate of drug-likeness (QED) is 0.892. The molecule has 0 aromatic heterocycles. The maximum atomic E-state index is 12.2. The van der Waals surface area contributed by atoms with Gasteiger partial charge in [0, 0.05) is 12.1 Å². The van der Waals surface area contributed by atoms with Gasteiger partial charge in [-0.05, 0) is 44.5 Å². The zero-order valence-electron chi connectivity index (χ0n) is 12.2. The number of ether oxygens (including phenoxy) is 1. The number of rotatable bonds is 4. The monoisotopic (exact) mass is 330 g/mol. The van der Waals surface area contributed by atoms with E-state index in [9.17, 15) is 4.79 Å². The molecule has 0 spiro atoms. The Morgan fingerprint density at radius 1 is 1.43 bits per heavy atom. The summed E-state index contributed by atoms with van der Waals surface area (Å²) in [4.78, 5) is 12.2. The Kier molecular flexibility index (Phi) is 5.73. The molecule has 0 saturated carbocycles. The van der Waals surface area contributed by atoms with Crippen molar-refractivity contribution in [3.05, 3.63) is 28.2 Å². The summed E-state index contributed by atoms with van der Waals surface area (Å²) in [5.74, 6) is 0.838. The molecule has 1 aliphatic heterocycles. The van der Waals surface area contributed by atoms with Gasteiger partial charge in [0.25, 0.3) is 5.91 Å². The highest BCUT2D eigenvalue weighted by Crippen LogP contribution is 2.26. The van der Waals surface area contributed by atoms with Gasteiger partial charge < -0.3 is 15.4 Å². The van der Waals surface area contributed by atoms with Crippen molar-refractivity contribution in [1.82, 2.24) is 10.6 Å². The molecule has 3 atom stereocenters. The Balaban J connectivity index is 1.91. The zero-order chi connectivity index (χ0) is 15.4. The molecule has 1 aromatic rings. The summed E-state index contributed by atoms with van der Waals surface area (Å²) >= 11 is 11.8. The molecule has 21 heavy (non-hydrogen) atoms. The minimum Gasteiger partial charge on any atom is -0.481 e. The lowest BCUT2D eigenvalue weighted by Crippen LogP contribution is -2.51. The third-order valence-corrected chi connectivity index (χ3v) is 4.43. The van der Waals surface area contributed by atoms with Crippen LogP contribution in [0, 0.1) is 5.92 Å². The van der Waals surface area contributed by atoms with Crippen molar-refractivity contribution in [3.63, 3.8) is 0 Å². The molecule has 0 aliphatic carbocycles. The largest absolute Gasteiger partial charge is 0.481 e. The number of carbonyl (C=O) groups is 1. The second-order valence-electron chi connectivity index (χ2n) is 5.42. The van der Waals surface area contributed by atoms with Crippen LogP contribution in [0.3, 0.4) is 0 Å². The Morgan fingerprint density at radius 2 is 2.19 bits per heavy atom. The van der Waals surface area contributed by atoms with Crippen molar-refractivity contribution < 1.29 is 9.53 Å². The second kappa shape index (κ2) is 7.34. The first kappa shape index (κ1) is 16.4. The van der Waals surface area contributed by atoms with Crippen LogP contribution in [0.15, 0.2) is 18.2 Å². The Bertz CT molecular complexity index is 510. The van der Waals surface area contributed by atoms with Gasteiger partial charge in [0.15, 0.2) is 6.10 Å². The van der Waals surface area contributed by atoms with Gasteiger partial charge in [-0.2, -0.15) is 0 Å². The average molecular weight is 331 g/mol. The predicted octanol–water partition coefficient (Wildman–Crippen LogP) is 2.87. The molecule has 1 amide bonds. The van der Waals surface area contributed by atoms with E-state index in [1.54, 1.807) is 25.1 Å². The fraction of sp³-hybridized carbons (Fsp3) is 0.533. The zero-order valence-corrected chi connectivity index (χ0v) is 13.7. The number of hydrogen-bond donors (Lipinski definition) is 2. The maximum absolute atomic E-state index is 12.2. The Hall–Kier alpha value is -0.970. The lowest BCUT2D eigenvalue weighted by Gasteiger charge is -2.31.